The van der Waals surface area contributed by atoms with Gasteiger partial charge in [0.15, 0.2) is 5.13 Å². The van der Waals surface area contributed by atoms with Crippen molar-refractivity contribution in [1.82, 2.24) is 4.98 Å². The molecule has 0 aromatic carbocycles. The van der Waals surface area contributed by atoms with Crippen LogP contribution in [0.3, 0.4) is 0 Å². The van der Waals surface area contributed by atoms with Gasteiger partial charge in [-0.15, -0.1) is 11.3 Å². The molecule has 0 saturated carbocycles. The maximum absolute atomic E-state index is 10.2. The first-order valence-corrected chi connectivity index (χ1v) is 4.95. The molecule has 13 heavy (non-hydrogen) atoms. The van der Waals surface area contributed by atoms with Gasteiger partial charge in [0.25, 0.3) is 0 Å². The van der Waals surface area contributed by atoms with E-state index in [0.717, 1.165) is 5.69 Å². The van der Waals surface area contributed by atoms with Gasteiger partial charge in [-0.25, -0.2) is 4.98 Å². The lowest BCUT2D eigenvalue weighted by Crippen LogP contribution is -2.10. The second-order valence-corrected chi connectivity index (χ2v) is 4.94. The number of aromatic nitrogens is 1. The largest absolute Gasteiger partial charge is 0.305 e. The van der Waals surface area contributed by atoms with Gasteiger partial charge in [0.05, 0.1) is 5.69 Å². The molecule has 1 rings (SSSR count). The van der Waals surface area contributed by atoms with Crippen LogP contribution in [0.5, 0.6) is 0 Å². The average Bonchev–Trinajstić information content (AvgIpc) is 2.30. The highest BCUT2D eigenvalue weighted by molar-refractivity contribution is 7.16. The van der Waals surface area contributed by atoms with Crippen molar-refractivity contribution in [3.05, 3.63) is 10.6 Å². The molecule has 1 aromatic rings. The fraction of sp³-hybridized carbons (Fsp3) is 0.556. The predicted molar refractivity (Wildman–Crippen MR) is 55.2 cm³/mol. The van der Waals surface area contributed by atoms with Crippen molar-refractivity contribution in [2.24, 2.45) is 0 Å². The zero-order valence-electron chi connectivity index (χ0n) is 8.34. The highest BCUT2D eigenvalue weighted by atomic mass is 32.1. The lowest BCUT2D eigenvalue weighted by Gasteiger charge is -2.16. The molecule has 0 aliphatic carbocycles. The van der Waals surface area contributed by atoms with Crippen LogP contribution in [-0.2, 0) is 10.2 Å². The van der Waals surface area contributed by atoms with Crippen molar-refractivity contribution in [3.63, 3.8) is 0 Å². The standard InChI is InChI=1S/C9H14N2OS/c1-6-7(9(2,3)4)13-8(11-6)10-5-12/h5H,1-4H3,(H,10,11,12). The number of carbonyl (C=O) groups excluding carboxylic acids is 1. The first-order valence-electron chi connectivity index (χ1n) is 4.13. The highest BCUT2D eigenvalue weighted by Crippen LogP contribution is 2.33. The molecular formula is C9H14N2OS. The van der Waals surface area contributed by atoms with E-state index in [4.69, 9.17) is 0 Å². The lowest BCUT2D eigenvalue weighted by molar-refractivity contribution is -0.105. The number of anilines is 1. The highest BCUT2D eigenvalue weighted by Gasteiger charge is 2.20. The number of hydrogen-bond donors (Lipinski definition) is 1. The Bertz CT molecular complexity index is 312. The summed E-state index contributed by atoms with van der Waals surface area (Å²) in [5, 5.41) is 3.25. The number of nitrogens with one attached hydrogen (secondary N) is 1. The molecule has 0 unspecified atom stereocenters. The van der Waals surface area contributed by atoms with Gasteiger partial charge in [0.2, 0.25) is 6.41 Å². The molecule has 1 N–H and O–H groups in total. The number of aryl methyl sites for hydroxylation is 1. The molecular weight excluding hydrogens is 184 g/mol. The van der Waals surface area contributed by atoms with Gasteiger partial charge < -0.3 is 5.32 Å². The number of hydrogen-bond acceptors (Lipinski definition) is 3. The number of thiazole rings is 1. The smallest absolute Gasteiger partial charge is 0.213 e. The molecule has 1 aromatic heterocycles. The summed E-state index contributed by atoms with van der Waals surface area (Å²) in [5.41, 5.74) is 1.10. The van der Waals surface area contributed by atoms with Crippen LogP contribution in [0, 0.1) is 6.92 Å². The minimum atomic E-state index is 0.102. The van der Waals surface area contributed by atoms with Crippen LogP contribution in [0.2, 0.25) is 0 Å². The van der Waals surface area contributed by atoms with E-state index < -0.39 is 0 Å². The minimum absolute atomic E-state index is 0.102. The third kappa shape index (κ3) is 2.28. The molecule has 0 bridgehead atoms. The monoisotopic (exact) mass is 198 g/mol. The van der Waals surface area contributed by atoms with Crippen molar-refractivity contribution < 1.29 is 4.79 Å². The third-order valence-corrected chi connectivity index (χ3v) is 3.17. The Morgan fingerprint density at radius 1 is 1.46 bits per heavy atom. The third-order valence-electron chi connectivity index (χ3n) is 1.66. The zero-order valence-corrected chi connectivity index (χ0v) is 9.16. The summed E-state index contributed by atoms with van der Waals surface area (Å²) in [6.45, 7) is 8.38. The van der Waals surface area contributed by atoms with Gasteiger partial charge >= 0.3 is 0 Å². The molecule has 0 spiro atoms. The zero-order chi connectivity index (χ0) is 10.1. The second kappa shape index (κ2) is 3.46. The minimum Gasteiger partial charge on any atom is -0.305 e. The molecule has 3 nitrogen and oxygen atoms in total. The van der Waals surface area contributed by atoms with Gasteiger partial charge in [0.1, 0.15) is 0 Å². The molecule has 1 heterocycles. The van der Waals surface area contributed by atoms with Gasteiger partial charge in [0, 0.05) is 4.88 Å². The van der Waals surface area contributed by atoms with E-state index in [9.17, 15) is 4.79 Å². The van der Waals surface area contributed by atoms with Crippen molar-refractivity contribution in [3.8, 4) is 0 Å². The number of nitrogens with zero attached hydrogens (tertiary/aromatic N) is 1. The van der Waals surface area contributed by atoms with E-state index in [2.05, 4.69) is 31.1 Å². The van der Waals surface area contributed by atoms with Crippen molar-refractivity contribution in [2.75, 3.05) is 5.32 Å². The van der Waals surface area contributed by atoms with E-state index in [-0.39, 0.29) is 5.41 Å². The molecule has 0 fully saturated rings. The van der Waals surface area contributed by atoms with Crippen LogP contribution in [0.4, 0.5) is 5.13 Å². The Hall–Kier alpha value is -0.900. The van der Waals surface area contributed by atoms with Crippen LogP contribution < -0.4 is 5.32 Å². The van der Waals surface area contributed by atoms with E-state index in [0.29, 0.717) is 11.5 Å². The van der Waals surface area contributed by atoms with Gasteiger partial charge in [-0.2, -0.15) is 0 Å². The van der Waals surface area contributed by atoms with Crippen LogP contribution in [-0.4, -0.2) is 11.4 Å². The van der Waals surface area contributed by atoms with E-state index in [1.807, 2.05) is 6.92 Å². The summed E-state index contributed by atoms with van der Waals surface area (Å²) < 4.78 is 0. The fourth-order valence-electron chi connectivity index (χ4n) is 1.20. The molecule has 0 aliphatic heterocycles. The molecule has 4 heteroatoms. The van der Waals surface area contributed by atoms with E-state index in [1.54, 1.807) is 0 Å². The summed E-state index contributed by atoms with van der Waals surface area (Å²) in [6.07, 6.45) is 0.657. The summed E-state index contributed by atoms with van der Waals surface area (Å²) >= 11 is 1.54. The predicted octanol–water partition coefficient (Wildman–Crippen LogP) is 2.32. The van der Waals surface area contributed by atoms with Crippen molar-refractivity contribution in [2.45, 2.75) is 33.1 Å². The Morgan fingerprint density at radius 2 is 2.08 bits per heavy atom. The van der Waals surface area contributed by atoms with E-state index >= 15 is 0 Å². The second-order valence-electron chi connectivity index (χ2n) is 3.95. The SMILES string of the molecule is Cc1nc(NC=O)sc1C(C)(C)C. The number of amides is 1. The maximum atomic E-state index is 10.2. The average molecular weight is 198 g/mol. The van der Waals surface area contributed by atoms with Crippen molar-refractivity contribution in [1.29, 1.82) is 0 Å². The van der Waals surface area contributed by atoms with Crippen LogP contribution in [0.25, 0.3) is 0 Å². The topological polar surface area (TPSA) is 42.0 Å². The Balaban J connectivity index is 3.03. The Labute approximate surface area is 82.2 Å². The molecule has 0 atom stereocenters. The Kier molecular flexibility index (Phi) is 2.71. The summed E-state index contributed by atoms with van der Waals surface area (Å²) in [4.78, 5) is 15.7. The van der Waals surface area contributed by atoms with Gasteiger partial charge in [-0.3, -0.25) is 4.79 Å². The normalized spacial score (nSPS) is 11.4. The summed E-state index contributed by atoms with van der Waals surface area (Å²) in [5.74, 6) is 0. The lowest BCUT2D eigenvalue weighted by atomic mass is 9.94. The molecule has 0 saturated heterocycles. The Morgan fingerprint density at radius 3 is 2.46 bits per heavy atom. The van der Waals surface area contributed by atoms with Crippen LogP contribution in [0.15, 0.2) is 0 Å². The molecule has 1 amide bonds. The number of carbonyl (C=O) groups is 1. The van der Waals surface area contributed by atoms with Gasteiger partial charge in [-0.1, -0.05) is 20.8 Å². The van der Waals surface area contributed by atoms with Crippen LogP contribution >= 0.6 is 11.3 Å². The number of rotatable bonds is 2. The fourth-order valence-corrected chi connectivity index (χ4v) is 2.19. The van der Waals surface area contributed by atoms with Gasteiger partial charge in [-0.05, 0) is 12.3 Å². The first-order chi connectivity index (χ1) is 5.95. The first kappa shape index (κ1) is 10.2. The van der Waals surface area contributed by atoms with Crippen molar-refractivity contribution >= 4 is 22.9 Å². The molecule has 72 valence electrons. The van der Waals surface area contributed by atoms with Crippen LogP contribution in [0.1, 0.15) is 31.3 Å². The quantitative estimate of drug-likeness (QED) is 0.741. The van der Waals surface area contributed by atoms with E-state index in [1.165, 1.54) is 16.2 Å². The summed E-state index contributed by atoms with van der Waals surface area (Å²) in [6, 6.07) is 0. The molecule has 0 aliphatic rings. The summed E-state index contributed by atoms with van der Waals surface area (Å²) in [7, 11) is 0. The molecule has 0 radical (unpaired) electrons. The maximum Gasteiger partial charge on any atom is 0.213 e.